The van der Waals surface area contributed by atoms with E-state index in [1.54, 1.807) is 0 Å². The molecular formula is C15H23FN4. The van der Waals surface area contributed by atoms with Crippen molar-refractivity contribution < 1.29 is 4.39 Å². The fourth-order valence-electron chi connectivity index (χ4n) is 3.67. The SMILES string of the molecule is CCCNc1ncc(F)c(NCC2CC3CCC2C3)n1. The Labute approximate surface area is 119 Å². The van der Waals surface area contributed by atoms with E-state index in [1.807, 2.05) is 0 Å². The number of fused-ring (bicyclic) bond motifs is 2. The van der Waals surface area contributed by atoms with Crippen molar-refractivity contribution in [1.82, 2.24) is 9.97 Å². The average Bonchev–Trinajstić information content (AvgIpc) is 3.07. The fourth-order valence-corrected chi connectivity index (χ4v) is 3.67. The Hall–Kier alpha value is -1.39. The predicted molar refractivity (Wildman–Crippen MR) is 78.2 cm³/mol. The summed E-state index contributed by atoms with van der Waals surface area (Å²) in [4.78, 5) is 8.18. The first kappa shape index (κ1) is 13.6. The molecule has 20 heavy (non-hydrogen) atoms. The number of nitrogens with one attached hydrogen (secondary N) is 2. The van der Waals surface area contributed by atoms with Crippen LogP contribution in [0.2, 0.25) is 0 Å². The zero-order valence-electron chi connectivity index (χ0n) is 12.0. The van der Waals surface area contributed by atoms with Gasteiger partial charge in [0.15, 0.2) is 11.6 Å². The summed E-state index contributed by atoms with van der Waals surface area (Å²) in [5.41, 5.74) is 0. The highest BCUT2D eigenvalue weighted by Gasteiger charge is 2.39. The molecule has 1 aromatic rings. The number of hydrogen-bond acceptors (Lipinski definition) is 4. The van der Waals surface area contributed by atoms with Gasteiger partial charge in [-0.15, -0.1) is 0 Å². The lowest BCUT2D eigenvalue weighted by Crippen LogP contribution is -2.21. The number of nitrogens with zero attached hydrogens (tertiary/aromatic N) is 2. The second-order valence-electron chi connectivity index (χ2n) is 6.13. The molecule has 5 heteroatoms. The first-order valence-electron chi connectivity index (χ1n) is 7.76. The zero-order valence-corrected chi connectivity index (χ0v) is 12.0. The molecule has 0 saturated heterocycles. The maximum Gasteiger partial charge on any atom is 0.224 e. The van der Waals surface area contributed by atoms with Gasteiger partial charge < -0.3 is 10.6 Å². The van der Waals surface area contributed by atoms with Crippen LogP contribution in [0, 0.1) is 23.6 Å². The number of halogens is 1. The van der Waals surface area contributed by atoms with Gasteiger partial charge in [-0.25, -0.2) is 9.37 Å². The van der Waals surface area contributed by atoms with Crippen LogP contribution in [-0.2, 0) is 0 Å². The summed E-state index contributed by atoms with van der Waals surface area (Å²) in [7, 11) is 0. The van der Waals surface area contributed by atoms with E-state index < -0.39 is 0 Å². The Balaban J connectivity index is 1.58. The zero-order chi connectivity index (χ0) is 13.9. The van der Waals surface area contributed by atoms with Gasteiger partial charge >= 0.3 is 0 Å². The first-order valence-corrected chi connectivity index (χ1v) is 7.76. The second-order valence-corrected chi connectivity index (χ2v) is 6.13. The number of rotatable bonds is 6. The molecule has 2 fully saturated rings. The smallest absolute Gasteiger partial charge is 0.224 e. The number of aromatic nitrogens is 2. The van der Waals surface area contributed by atoms with Crippen molar-refractivity contribution in [3.05, 3.63) is 12.0 Å². The Morgan fingerprint density at radius 2 is 2.20 bits per heavy atom. The summed E-state index contributed by atoms with van der Waals surface area (Å²) in [6.45, 7) is 3.71. The lowest BCUT2D eigenvalue weighted by atomic mass is 9.89. The second kappa shape index (κ2) is 5.94. The van der Waals surface area contributed by atoms with Crippen molar-refractivity contribution >= 4 is 11.8 Å². The highest BCUT2D eigenvalue weighted by Crippen LogP contribution is 2.48. The van der Waals surface area contributed by atoms with E-state index in [0.717, 1.165) is 31.3 Å². The lowest BCUT2D eigenvalue weighted by Gasteiger charge is -2.22. The molecule has 4 nitrogen and oxygen atoms in total. The fraction of sp³-hybridized carbons (Fsp3) is 0.733. The minimum Gasteiger partial charge on any atom is -0.367 e. The minimum absolute atomic E-state index is 0.335. The van der Waals surface area contributed by atoms with Crippen LogP contribution in [0.4, 0.5) is 16.2 Å². The molecule has 0 aromatic carbocycles. The molecule has 2 N–H and O–H groups in total. The third-order valence-corrected chi connectivity index (χ3v) is 4.69. The maximum atomic E-state index is 13.7. The van der Waals surface area contributed by atoms with Crippen molar-refractivity contribution in [3.8, 4) is 0 Å². The summed E-state index contributed by atoms with van der Waals surface area (Å²) in [6, 6.07) is 0. The van der Waals surface area contributed by atoms with E-state index in [2.05, 4.69) is 27.5 Å². The lowest BCUT2D eigenvalue weighted by molar-refractivity contribution is 0.348. The first-order chi connectivity index (χ1) is 9.76. The summed E-state index contributed by atoms with van der Waals surface area (Å²) in [5, 5.41) is 6.28. The van der Waals surface area contributed by atoms with Crippen molar-refractivity contribution in [2.24, 2.45) is 17.8 Å². The van der Waals surface area contributed by atoms with Crippen LogP contribution in [0.3, 0.4) is 0 Å². The molecule has 0 radical (unpaired) electrons. The molecule has 0 spiro atoms. The van der Waals surface area contributed by atoms with Gasteiger partial charge in [0, 0.05) is 13.1 Å². The van der Waals surface area contributed by atoms with Crippen molar-refractivity contribution in [2.45, 2.75) is 39.0 Å². The van der Waals surface area contributed by atoms with Gasteiger partial charge in [0.1, 0.15) is 0 Å². The van der Waals surface area contributed by atoms with E-state index >= 15 is 0 Å². The molecule has 110 valence electrons. The van der Waals surface area contributed by atoms with E-state index in [-0.39, 0.29) is 5.82 Å². The van der Waals surface area contributed by atoms with Crippen LogP contribution >= 0.6 is 0 Å². The molecule has 2 aliphatic rings. The molecule has 2 bridgehead atoms. The molecule has 3 atom stereocenters. The van der Waals surface area contributed by atoms with E-state index in [4.69, 9.17) is 0 Å². The van der Waals surface area contributed by atoms with E-state index in [9.17, 15) is 4.39 Å². The normalized spacial score (nSPS) is 27.8. The summed E-state index contributed by atoms with van der Waals surface area (Å²) < 4.78 is 13.7. The number of anilines is 2. The van der Waals surface area contributed by atoms with Crippen LogP contribution in [0.5, 0.6) is 0 Å². The summed E-state index contributed by atoms with van der Waals surface area (Å²) in [5.74, 6) is 2.93. The maximum absolute atomic E-state index is 13.7. The van der Waals surface area contributed by atoms with Gasteiger partial charge in [-0.3, -0.25) is 0 Å². The van der Waals surface area contributed by atoms with Gasteiger partial charge in [-0.1, -0.05) is 13.3 Å². The van der Waals surface area contributed by atoms with E-state index in [0.29, 0.717) is 17.7 Å². The monoisotopic (exact) mass is 278 g/mol. The molecule has 3 unspecified atom stereocenters. The highest BCUT2D eigenvalue weighted by atomic mass is 19.1. The van der Waals surface area contributed by atoms with Crippen LogP contribution in [0.1, 0.15) is 39.0 Å². The van der Waals surface area contributed by atoms with Gasteiger partial charge in [0.2, 0.25) is 5.95 Å². The van der Waals surface area contributed by atoms with Gasteiger partial charge in [-0.05, 0) is 43.4 Å². The molecule has 3 rings (SSSR count). The average molecular weight is 278 g/mol. The van der Waals surface area contributed by atoms with Crippen LogP contribution in [0.15, 0.2) is 6.20 Å². The Bertz CT molecular complexity index is 465. The third kappa shape index (κ3) is 2.86. The molecule has 0 aliphatic heterocycles. The molecular weight excluding hydrogens is 255 g/mol. The van der Waals surface area contributed by atoms with Crippen molar-refractivity contribution in [3.63, 3.8) is 0 Å². The van der Waals surface area contributed by atoms with Gasteiger partial charge in [0.25, 0.3) is 0 Å². The van der Waals surface area contributed by atoms with Crippen molar-refractivity contribution in [1.29, 1.82) is 0 Å². The summed E-state index contributed by atoms with van der Waals surface area (Å²) in [6.07, 6.45) is 7.66. The Morgan fingerprint density at radius 1 is 1.30 bits per heavy atom. The quantitative estimate of drug-likeness (QED) is 0.838. The molecule has 1 aromatic heterocycles. The Morgan fingerprint density at radius 3 is 2.90 bits per heavy atom. The summed E-state index contributed by atoms with van der Waals surface area (Å²) >= 11 is 0. The Kier molecular flexibility index (Phi) is 4.03. The van der Waals surface area contributed by atoms with E-state index in [1.165, 1.54) is 31.9 Å². The molecule has 2 aliphatic carbocycles. The third-order valence-electron chi connectivity index (χ3n) is 4.69. The number of hydrogen-bond donors (Lipinski definition) is 2. The highest BCUT2D eigenvalue weighted by molar-refractivity contribution is 5.41. The topological polar surface area (TPSA) is 49.8 Å². The molecule has 1 heterocycles. The minimum atomic E-state index is -0.366. The van der Waals surface area contributed by atoms with Crippen molar-refractivity contribution in [2.75, 3.05) is 23.7 Å². The predicted octanol–water partition coefficient (Wildman–Crippen LogP) is 3.29. The van der Waals surface area contributed by atoms with Gasteiger partial charge in [0.05, 0.1) is 6.20 Å². The van der Waals surface area contributed by atoms with Crippen LogP contribution < -0.4 is 10.6 Å². The van der Waals surface area contributed by atoms with Gasteiger partial charge in [-0.2, -0.15) is 4.98 Å². The molecule has 2 saturated carbocycles. The largest absolute Gasteiger partial charge is 0.367 e. The molecule has 0 amide bonds. The standard InChI is InChI=1S/C15H23FN4/c1-2-5-17-15-19-9-13(16)14(20-15)18-8-12-7-10-3-4-11(12)6-10/h9-12H,2-8H2,1H3,(H2,17,18,19,20). The van der Waals surface area contributed by atoms with Crippen LogP contribution in [-0.4, -0.2) is 23.1 Å². The van der Waals surface area contributed by atoms with Crippen LogP contribution in [0.25, 0.3) is 0 Å².